The third-order valence-electron chi connectivity index (χ3n) is 4.84. The molecule has 1 aromatic rings. The largest absolute Gasteiger partial charge is 0.385 e. The van der Waals surface area contributed by atoms with Gasteiger partial charge in [0.15, 0.2) is 5.96 Å². The van der Waals surface area contributed by atoms with Crippen molar-refractivity contribution in [2.45, 2.75) is 46.1 Å². The van der Waals surface area contributed by atoms with Crippen LogP contribution in [0.15, 0.2) is 23.5 Å². The van der Waals surface area contributed by atoms with Gasteiger partial charge >= 0.3 is 0 Å². The van der Waals surface area contributed by atoms with E-state index in [1.165, 1.54) is 19.3 Å². The molecule has 2 rings (SSSR count). The number of nitrogens with one attached hydrogen (secondary N) is 2. The summed E-state index contributed by atoms with van der Waals surface area (Å²) in [6.07, 6.45) is 8.81. The van der Waals surface area contributed by atoms with Gasteiger partial charge in [0, 0.05) is 52.3 Å². The SMILES string of the molecule is CCNC(=NCC1(CCOC)CCC1)NCC(C)Cn1cccn1.I. The third kappa shape index (κ3) is 7.52. The fourth-order valence-electron chi connectivity index (χ4n) is 3.13. The summed E-state index contributed by atoms with van der Waals surface area (Å²) >= 11 is 0. The molecule has 0 aliphatic heterocycles. The van der Waals surface area contributed by atoms with Crippen molar-refractivity contribution in [3.05, 3.63) is 18.5 Å². The van der Waals surface area contributed by atoms with Gasteiger partial charge in [-0.1, -0.05) is 13.3 Å². The Morgan fingerprint density at radius 3 is 2.76 bits per heavy atom. The maximum absolute atomic E-state index is 5.27. The van der Waals surface area contributed by atoms with Crippen molar-refractivity contribution in [3.8, 4) is 0 Å². The van der Waals surface area contributed by atoms with Gasteiger partial charge < -0.3 is 15.4 Å². The Hall–Kier alpha value is -0.830. The fourth-order valence-corrected chi connectivity index (χ4v) is 3.13. The second-order valence-electron chi connectivity index (χ2n) is 7.01. The van der Waals surface area contributed by atoms with Crippen LogP contribution in [0.1, 0.15) is 39.5 Å². The average molecular weight is 463 g/mol. The number of halogens is 1. The molecule has 1 atom stereocenters. The third-order valence-corrected chi connectivity index (χ3v) is 4.84. The van der Waals surface area contributed by atoms with Crippen LogP contribution in [0, 0.1) is 11.3 Å². The summed E-state index contributed by atoms with van der Waals surface area (Å²) < 4.78 is 7.25. The molecule has 0 amide bonds. The molecule has 7 heteroatoms. The first-order valence-corrected chi connectivity index (χ1v) is 9.16. The second-order valence-corrected chi connectivity index (χ2v) is 7.01. The summed E-state index contributed by atoms with van der Waals surface area (Å²) in [6, 6.07) is 1.96. The van der Waals surface area contributed by atoms with Gasteiger partial charge in [-0.2, -0.15) is 5.10 Å². The van der Waals surface area contributed by atoms with Crippen molar-refractivity contribution in [2.24, 2.45) is 16.3 Å². The summed E-state index contributed by atoms with van der Waals surface area (Å²) in [7, 11) is 1.78. The number of aliphatic imine (C=N–C) groups is 1. The van der Waals surface area contributed by atoms with Crippen LogP contribution in [0.25, 0.3) is 0 Å². The van der Waals surface area contributed by atoms with Crippen molar-refractivity contribution in [1.29, 1.82) is 0 Å². The molecule has 1 fully saturated rings. The molecule has 0 aromatic carbocycles. The van der Waals surface area contributed by atoms with Crippen LogP contribution >= 0.6 is 24.0 Å². The van der Waals surface area contributed by atoms with Crippen LogP contribution in [-0.2, 0) is 11.3 Å². The highest BCUT2D eigenvalue weighted by Crippen LogP contribution is 2.44. The molecule has 2 N–H and O–H groups in total. The van der Waals surface area contributed by atoms with E-state index in [1.807, 2.05) is 23.1 Å². The topological polar surface area (TPSA) is 63.5 Å². The van der Waals surface area contributed by atoms with Crippen molar-refractivity contribution in [1.82, 2.24) is 20.4 Å². The smallest absolute Gasteiger partial charge is 0.191 e. The fraction of sp³-hybridized carbons (Fsp3) is 0.778. The van der Waals surface area contributed by atoms with Crippen molar-refractivity contribution < 1.29 is 4.74 Å². The van der Waals surface area contributed by atoms with E-state index in [9.17, 15) is 0 Å². The molecular weight excluding hydrogens is 429 g/mol. The first kappa shape index (κ1) is 22.2. The van der Waals surface area contributed by atoms with E-state index in [0.29, 0.717) is 11.3 Å². The lowest BCUT2D eigenvalue weighted by molar-refractivity contribution is 0.0778. The predicted molar refractivity (Wildman–Crippen MR) is 114 cm³/mol. The summed E-state index contributed by atoms with van der Waals surface area (Å²) in [6.45, 7) is 8.73. The highest BCUT2D eigenvalue weighted by Gasteiger charge is 2.36. The van der Waals surface area contributed by atoms with E-state index in [4.69, 9.17) is 9.73 Å². The van der Waals surface area contributed by atoms with Crippen molar-refractivity contribution >= 4 is 29.9 Å². The lowest BCUT2D eigenvalue weighted by Crippen LogP contribution is -2.42. The number of methoxy groups -OCH3 is 1. The van der Waals surface area contributed by atoms with Gasteiger partial charge in [-0.15, -0.1) is 24.0 Å². The Kier molecular flexibility index (Phi) is 10.4. The molecule has 1 aliphatic carbocycles. The zero-order valence-electron chi connectivity index (χ0n) is 15.8. The minimum absolute atomic E-state index is 0. The van der Waals surface area contributed by atoms with Crippen LogP contribution in [0.2, 0.25) is 0 Å². The molecule has 1 aliphatic rings. The summed E-state index contributed by atoms with van der Waals surface area (Å²) in [5.41, 5.74) is 0.360. The number of ether oxygens (including phenoxy) is 1. The molecular formula is C18H34IN5O. The molecule has 0 saturated heterocycles. The van der Waals surface area contributed by atoms with Crippen LogP contribution in [0.4, 0.5) is 0 Å². The Morgan fingerprint density at radius 1 is 1.40 bits per heavy atom. The standard InChI is InChI=1S/C18H33N5O.HI/c1-4-19-17(20-13-16(2)14-23-11-6-10-22-23)21-15-18(7-5-8-18)9-12-24-3;/h6,10-11,16H,4-5,7-9,12-15H2,1-3H3,(H2,19,20,21);1H. The first-order chi connectivity index (χ1) is 11.7. The molecule has 1 heterocycles. The molecule has 1 saturated carbocycles. The number of nitrogens with zero attached hydrogens (tertiary/aromatic N) is 3. The van der Waals surface area contributed by atoms with E-state index in [0.717, 1.165) is 45.2 Å². The molecule has 1 aromatic heterocycles. The number of hydrogen-bond donors (Lipinski definition) is 2. The maximum Gasteiger partial charge on any atom is 0.191 e. The normalized spacial score (nSPS) is 17.3. The van der Waals surface area contributed by atoms with E-state index in [1.54, 1.807) is 7.11 Å². The van der Waals surface area contributed by atoms with Gasteiger partial charge in [0.1, 0.15) is 0 Å². The number of aromatic nitrogens is 2. The molecule has 144 valence electrons. The summed E-state index contributed by atoms with van der Waals surface area (Å²) in [5, 5.41) is 11.1. The minimum Gasteiger partial charge on any atom is -0.385 e. The van der Waals surface area contributed by atoms with E-state index < -0.39 is 0 Å². The lowest BCUT2D eigenvalue weighted by Gasteiger charge is -2.40. The van der Waals surface area contributed by atoms with Crippen LogP contribution < -0.4 is 10.6 Å². The summed E-state index contributed by atoms with van der Waals surface area (Å²) in [4.78, 5) is 4.85. The maximum atomic E-state index is 5.27. The highest BCUT2D eigenvalue weighted by atomic mass is 127. The van der Waals surface area contributed by atoms with Crippen LogP contribution in [0.5, 0.6) is 0 Å². The Labute approximate surface area is 169 Å². The van der Waals surface area contributed by atoms with Gasteiger partial charge in [0.25, 0.3) is 0 Å². The molecule has 0 radical (unpaired) electrons. The van der Waals surface area contributed by atoms with Gasteiger partial charge in [-0.05, 0) is 43.6 Å². The summed E-state index contributed by atoms with van der Waals surface area (Å²) in [5.74, 6) is 1.41. The lowest BCUT2D eigenvalue weighted by atomic mass is 9.67. The quantitative estimate of drug-likeness (QED) is 0.318. The molecule has 0 spiro atoms. The Morgan fingerprint density at radius 2 is 2.20 bits per heavy atom. The van der Waals surface area contributed by atoms with Crippen molar-refractivity contribution in [3.63, 3.8) is 0 Å². The van der Waals surface area contributed by atoms with Crippen LogP contribution in [-0.4, -0.2) is 49.1 Å². The highest BCUT2D eigenvalue weighted by molar-refractivity contribution is 14.0. The average Bonchev–Trinajstić information content (AvgIpc) is 3.04. The predicted octanol–water partition coefficient (Wildman–Crippen LogP) is 2.90. The Balaban J connectivity index is 0.00000312. The minimum atomic E-state index is 0. The number of rotatable bonds is 10. The van der Waals surface area contributed by atoms with Gasteiger partial charge in [0.05, 0.1) is 0 Å². The van der Waals surface area contributed by atoms with Crippen molar-refractivity contribution in [2.75, 3.05) is 33.4 Å². The first-order valence-electron chi connectivity index (χ1n) is 9.16. The van der Waals surface area contributed by atoms with Gasteiger partial charge in [-0.3, -0.25) is 9.67 Å². The second kappa shape index (κ2) is 11.7. The zero-order chi connectivity index (χ0) is 17.3. The molecule has 6 nitrogen and oxygen atoms in total. The zero-order valence-corrected chi connectivity index (χ0v) is 18.2. The molecule has 1 unspecified atom stereocenters. The van der Waals surface area contributed by atoms with E-state index in [2.05, 4.69) is 29.6 Å². The monoisotopic (exact) mass is 463 g/mol. The van der Waals surface area contributed by atoms with E-state index in [-0.39, 0.29) is 24.0 Å². The molecule has 0 bridgehead atoms. The van der Waals surface area contributed by atoms with Gasteiger partial charge in [-0.25, -0.2) is 0 Å². The Bertz CT molecular complexity index is 488. The number of hydrogen-bond acceptors (Lipinski definition) is 3. The van der Waals surface area contributed by atoms with E-state index >= 15 is 0 Å². The van der Waals surface area contributed by atoms with Gasteiger partial charge in [0.2, 0.25) is 0 Å². The number of guanidine groups is 1. The van der Waals surface area contributed by atoms with Crippen LogP contribution in [0.3, 0.4) is 0 Å². The molecule has 25 heavy (non-hydrogen) atoms.